The number of rotatable bonds is 40. The monoisotopic (exact) mass is 2570 g/mol. The zero-order valence-electron chi connectivity index (χ0n) is 76.3. The van der Waals surface area contributed by atoms with Crippen molar-refractivity contribution >= 4 is 241 Å². The number of nitrogens with one attached hydrogen (secondary N) is 6. The van der Waals surface area contributed by atoms with E-state index in [0.29, 0.717) is 186 Å². The maximum Gasteiger partial charge on any atom is 0.338 e. The van der Waals surface area contributed by atoms with Gasteiger partial charge in [-0.15, -0.1) is 0 Å². The summed E-state index contributed by atoms with van der Waals surface area (Å²) in [6.45, 7) is 11.2. The number of carbonyl (C=O) groups excluding carboxylic acids is 1. The van der Waals surface area contributed by atoms with Crippen LogP contribution in [0.15, 0.2) is 184 Å². The van der Waals surface area contributed by atoms with E-state index in [9.17, 15) is 46.3 Å². The zero-order chi connectivity index (χ0) is 101. The lowest BCUT2D eigenvalue weighted by Crippen LogP contribution is -2.27. The first-order chi connectivity index (χ1) is 66.0. The Hall–Kier alpha value is -8.17. The van der Waals surface area contributed by atoms with Gasteiger partial charge in [0.1, 0.15) is 68.2 Å². The van der Waals surface area contributed by atoms with E-state index in [0.717, 1.165) is 95.3 Å². The lowest BCUT2D eigenvalue weighted by atomic mass is 9.92. The van der Waals surface area contributed by atoms with Crippen molar-refractivity contribution in [1.29, 1.82) is 0 Å². The van der Waals surface area contributed by atoms with Crippen molar-refractivity contribution < 1.29 is 95.5 Å². The summed E-state index contributed by atoms with van der Waals surface area (Å²) in [5.74, 6) is -3.84. The minimum atomic E-state index is -1.94. The number of hydrogen-bond donors (Lipinski definition) is 11. The molecule has 1 unspecified atom stereocenters. The maximum atomic E-state index is 14.9. The summed E-state index contributed by atoms with van der Waals surface area (Å²) in [7, 11) is 0. The highest BCUT2D eigenvalue weighted by Crippen LogP contribution is 2.44. The molecule has 14 rings (SSSR count). The van der Waals surface area contributed by atoms with E-state index >= 15 is 0 Å². The lowest BCUT2D eigenvalue weighted by molar-refractivity contribution is -0.143. The summed E-state index contributed by atoms with van der Waals surface area (Å²) in [5.41, 5.74) is 14.0. The second kappa shape index (κ2) is 55.1. The Morgan fingerprint density at radius 3 is 1.09 bits per heavy atom. The van der Waals surface area contributed by atoms with Crippen molar-refractivity contribution in [2.24, 2.45) is 0 Å². The molecular weight excluding hydrogens is 2480 g/mol. The average molecular weight is 2580 g/mol. The van der Waals surface area contributed by atoms with Crippen molar-refractivity contribution in [3.05, 3.63) is 273 Å². The molecule has 22 nitrogen and oxygen atoms in total. The van der Waals surface area contributed by atoms with Crippen molar-refractivity contribution in [1.82, 2.24) is 0 Å². The normalized spacial score (nSPS) is 13.4. The molecule has 0 saturated heterocycles. The van der Waals surface area contributed by atoms with Crippen LogP contribution in [0.4, 0.5) is 51.7 Å². The summed E-state index contributed by atoms with van der Waals surface area (Å²) in [5, 5.41) is 63.6. The Labute approximate surface area is 894 Å². The van der Waals surface area contributed by atoms with Crippen LogP contribution < -0.4 is 55.6 Å². The maximum absolute atomic E-state index is 14.9. The van der Waals surface area contributed by atoms with Gasteiger partial charge in [-0.3, -0.25) is 24.0 Å². The first-order valence-corrected chi connectivity index (χ1v) is 53.0. The predicted octanol–water partition coefficient (Wildman–Crippen LogP) is 30.1. The SMILES string of the molecule is Cc1cc(COc2c(Br)cc(CC(F)C(=O)O)cc2Br)cc(NC(C)C)c1.Cc1cc(COc2c(Br)cc(CCC(=O)O)cc2Br)c(F)c(NC2CCC2)c1.Cc1cc(COc2c(Br)cc(NC(=O)CC(=O)O)cc2Br)cc(NC2CCC2)c1.O=C(O)CCc1cc(Br)c(OCc2cc(Cl)cc(NC3CCC3)c2F)c(Br)c1.O=C(O)CCc1cc(Br)c(OCc2cccc(NC3CCC3)c2F)c(Br)c1. The van der Waals surface area contributed by atoms with Crippen molar-refractivity contribution in [3.63, 3.8) is 0 Å². The van der Waals surface area contributed by atoms with Gasteiger partial charge >= 0.3 is 29.8 Å². The Balaban J connectivity index is 0.000000179. The fourth-order valence-electron chi connectivity index (χ4n) is 14.7. The number of alkyl halides is 1. The number of carboxylic acid groups (broad SMARTS) is 5. The van der Waals surface area contributed by atoms with Gasteiger partial charge in [0, 0.05) is 94.7 Å². The Kier molecular flexibility index (Phi) is 44.7. The standard InChI is InChI=1S/C21H22Br2FNO3.C21H22Br2N2O4.C20H19Br2ClFNO3.C20H20Br2FNO3.C20H22Br2FNO3/c1-12-7-14(20(24)18(8-12)25-15-3-2-4-15)11-28-21-16(22)9-13(10-17(21)23)5-6-19(26)27;1-12-5-13(7-15(6-12)24-14-3-2-4-14)11-29-21-17(22)8-16(9-18(21)23)25-19(26)10-20(27)28;21-15-6-11(4-5-18(26)27)7-16(22)20(15)28-10-12-8-13(23)9-17(19(12)24)25-14-2-1-3-14;21-15-9-12(7-8-18(25)26)10-16(22)20(15)27-11-13-3-1-6-17(19(13)23)24-14-4-2-5-14;1-11(2)24-15-5-12(3)4-14(6-15)10-27-19-16(21)7-13(8-17(19)22)9-18(23)20(25)26/h7-10,15,25H,2-6,11H2,1H3,(H,26,27);5-9,14,24H,2-4,10-11H2,1H3,(H,25,26)(H,27,28);6-9,14,25H,1-5,10H2,(H,26,27);1,3,6,9-10,14,24H,2,4-5,7-8,11H2,(H,25,26);4-8,11,18,24H,9-10H2,1-3H3,(H,25,26). The summed E-state index contributed by atoms with van der Waals surface area (Å²) < 4.78 is 94.1. The van der Waals surface area contributed by atoms with Crippen molar-refractivity contribution in [2.75, 3.05) is 31.9 Å². The molecule has 11 N–H and O–H groups in total. The number of aliphatic carboxylic acids is 5. The molecule has 10 aromatic rings. The number of carboxylic acids is 5. The fraction of sp³-hybridized carbons (Fsp3) is 0.353. The molecule has 0 bridgehead atoms. The number of halogens is 15. The van der Waals surface area contributed by atoms with Crippen LogP contribution >= 0.6 is 171 Å². The summed E-state index contributed by atoms with van der Waals surface area (Å²) in [6.07, 6.45) is 12.3. The molecule has 4 saturated carbocycles. The van der Waals surface area contributed by atoms with Crippen molar-refractivity contribution in [2.45, 2.75) is 232 Å². The molecule has 744 valence electrons. The Morgan fingerprint density at radius 1 is 0.374 bits per heavy atom. The van der Waals surface area contributed by atoms with Crippen LogP contribution in [0.1, 0.15) is 183 Å². The number of carbonyl (C=O) groups is 6. The highest BCUT2D eigenvalue weighted by Gasteiger charge is 2.27. The van der Waals surface area contributed by atoms with Crippen molar-refractivity contribution in [3.8, 4) is 28.7 Å². The molecule has 0 heterocycles. The third kappa shape index (κ3) is 36.3. The predicted molar refractivity (Wildman–Crippen MR) is 571 cm³/mol. The number of benzene rings is 10. The molecule has 0 spiro atoms. The Morgan fingerprint density at radius 2 is 0.712 bits per heavy atom. The van der Waals surface area contributed by atoms with E-state index in [-0.39, 0.29) is 63.0 Å². The van der Waals surface area contributed by atoms with Gasteiger partial charge in [0.25, 0.3) is 0 Å². The number of amides is 1. The molecule has 0 aromatic heterocycles. The van der Waals surface area contributed by atoms with E-state index in [1.807, 2.05) is 56.3 Å². The first-order valence-electron chi connectivity index (χ1n) is 44.7. The molecule has 10 aromatic carbocycles. The quantitative estimate of drug-likeness (QED) is 0.0126. The first kappa shape index (κ1) is 113. The minimum absolute atomic E-state index is 0.0113. The fourth-order valence-corrected chi connectivity index (χ4v) is 22.4. The summed E-state index contributed by atoms with van der Waals surface area (Å²) in [4.78, 5) is 65.2. The molecule has 139 heavy (non-hydrogen) atoms. The summed E-state index contributed by atoms with van der Waals surface area (Å²) in [6, 6.07) is 44.2. The van der Waals surface area contributed by atoms with Gasteiger partial charge in [-0.25, -0.2) is 22.4 Å². The molecule has 1 amide bonds. The minimum Gasteiger partial charge on any atom is -0.487 e. The van der Waals surface area contributed by atoms with E-state index in [4.69, 9.17) is 60.8 Å². The van der Waals surface area contributed by atoms with Gasteiger partial charge < -0.3 is 81.1 Å². The largest absolute Gasteiger partial charge is 0.487 e. The van der Waals surface area contributed by atoms with Crippen LogP contribution in [-0.2, 0) is 87.5 Å². The highest BCUT2D eigenvalue weighted by molar-refractivity contribution is 9.12. The van der Waals surface area contributed by atoms with Crippen LogP contribution in [0.25, 0.3) is 0 Å². The van der Waals surface area contributed by atoms with Crippen LogP contribution in [0.2, 0.25) is 5.02 Å². The van der Waals surface area contributed by atoms with Gasteiger partial charge in [-0.2, -0.15) is 0 Å². The van der Waals surface area contributed by atoms with E-state index in [2.05, 4.69) is 242 Å². The third-order valence-corrected chi connectivity index (χ3v) is 28.5. The smallest absolute Gasteiger partial charge is 0.338 e. The highest BCUT2D eigenvalue weighted by atomic mass is 79.9. The van der Waals surface area contributed by atoms with Gasteiger partial charge in [-0.1, -0.05) is 35.9 Å². The van der Waals surface area contributed by atoms with Gasteiger partial charge in [0.2, 0.25) is 12.1 Å². The second-order valence-electron chi connectivity index (χ2n) is 34.4. The van der Waals surface area contributed by atoms with Crippen LogP contribution in [0.5, 0.6) is 28.7 Å². The third-order valence-electron chi connectivity index (χ3n) is 22.4. The van der Waals surface area contributed by atoms with E-state index < -0.39 is 48.3 Å². The van der Waals surface area contributed by atoms with Gasteiger partial charge in [0.15, 0.2) is 17.5 Å². The molecule has 1 atom stereocenters. The molecule has 4 aliphatic rings. The molecule has 0 radical (unpaired) electrons. The van der Waals surface area contributed by atoms with E-state index in [1.54, 1.807) is 66.7 Å². The molecule has 0 aliphatic heterocycles. The zero-order valence-corrected chi connectivity index (χ0v) is 92.9. The number of hydrogen-bond acceptors (Lipinski definition) is 16. The molecule has 4 aliphatic carbocycles. The van der Waals surface area contributed by atoms with Crippen LogP contribution in [0, 0.1) is 38.2 Å². The van der Waals surface area contributed by atoms with Crippen LogP contribution in [0.3, 0.4) is 0 Å². The molecule has 37 heteroatoms. The molecular formula is C102H105Br10ClF4N6O16. The number of aryl methyl sites for hydroxylation is 6. The average Bonchev–Trinajstić information content (AvgIpc) is 0.782. The topological polar surface area (TPSA) is 322 Å². The second-order valence-corrected chi connectivity index (χ2v) is 43.3. The summed E-state index contributed by atoms with van der Waals surface area (Å²) >= 11 is 40.6. The van der Waals surface area contributed by atoms with E-state index in [1.165, 1.54) is 37.7 Å². The molecule has 4 fully saturated rings. The Bertz CT molecular complexity index is 5780. The number of ether oxygens (including phenoxy) is 5. The van der Waals surface area contributed by atoms with Gasteiger partial charge in [0.05, 0.1) is 61.8 Å². The number of anilines is 6. The van der Waals surface area contributed by atoms with Gasteiger partial charge in [-0.05, 0) is 456 Å². The van der Waals surface area contributed by atoms with Crippen LogP contribution in [-0.4, -0.2) is 97.7 Å². The lowest BCUT2D eigenvalue weighted by Gasteiger charge is -2.28.